The van der Waals surface area contributed by atoms with Gasteiger partial charge in [-0.05, 0) is 38.5 Å². The average molecular weight is 449 g/mol. The number of carbonyl (C=O) groups is 1. The Morgan fingerprint density at radius 2 is 2.06 bits per heavy atom. The van der Waals surface area contributed by atoms with E-state index in [1.807, 2.05) is 18.7 Å². The Kier molecular flexibility index (Phi) is 5.01. The zero-order valence-electron chi connectivity index (χ0n) is 18.8. The van der Waals surface area contributed by atoms with E-state index in [1.165, 1.54) is 19.4 Å². The molecule has 1 unspecified atom stereocenters. The Bertz CT molecular complexity index is 1260. The molecule has 1 aromatic carbocycles. The summed E-state index contributed by atoms with van der Waals surface area (Å²) in [5, 5.41) is 0. The van der Waals surface area contributed by atoms with Gasteiger partial charge in [0.05, 0.1) is 24.9 Å². The number of benzene rings is 1. The highest BCUT2D eigenvalue weighted by Gasteiger charge is 2.35. The van der Waals surface area contributed by atoms with Gasteiger partial charge in [0.2, 0.25) is 5.95 Å². The van der Waals surface area contributed by atoms with Gasteiger partial charge in [-0.1, -0.05) is 6.07 Å². The normalized spacial score (nSPS) is 19.8. The highest BCUT2D eigenvalue weighted by molar-refractivity contribution is 6.10. The summed E-state index contributed by atoms with van der Waals surface area (Å²) in [5.74, 6) is 0.743. The number of methoxy groups -OCH3 is 1. The van der Waals surface area contributed by atoms with Crippen LogP contribution in [0.3, 0.4) is 0 Å². The van der Waals surface area contributed by atoms with Crippen LogP contribution in [0.15, 0.2) is 36.5 Å². The van der Waals surface area contributed by atoms with Gasteiger partial charge in [0.1, 0.15) is 17.4 Å². The van der Waals surface area contributed by atoms with Gasteiger partial charge >= 0.3 is 0 Å². The van der Waals surface area contributed by atoms with Crippen LogP contribution in [-0.4, -0.2) is 46.6 Å². The molecule has 33 heavy (non-hydrogen) atoms. The first kappa shape index (κ1) is 21.3. The molecule has 0 radical (unpaired) electrons. The lowest BCUT2D eigenvalue weighted by Gasteiger charge is -2.22. The number of carbonyl (C=O) groups excluding carboxylic acids is 1. The summed E-state index contributed by atoms with van der Waals surface area (Å²) in [5.41, 5.74) is 8.47. The number of ether oxygens (including phenoxy) is 1. The SMILES string of the molecule is COc1cccc(F)c1-c1nccc2c1CN(c1cc(C)nc(N3CCC(C)(N)C3)n1)C2=O. The summed E-state index contributed by atoms with van der Waals surface area (Å²) in [4.78, 5) is 30.6. The van der Waals surface area contributed by atoms with E-state index in [4.69, 9.17) is 15.5 Å². The van der Waals surface area contributed by atoms with Crippen molar-refractivity contribution in [2.45, 2.75) is 32.4 Å². The van der Waals surface area contributed by atoms with Crippen LogP contribution in [0.1, 0.15) is 35.0 Å². The van der Waals surface area contributed by atoms with Crippen molar-refractivity contribution in [3.05, 3.63) is 59.2 Å². The molecule has 4 heterocycles. The number of aromatic nitrogens is 3. The molecule has 0 bridgehead atoms. The third kappa shape index (κ3) is 3.68. The van der Waals surface area contributed by atoms with Crippen molar-refractivity contribution in [2.75, 3.05) is 30.0 Å². The molecule has 0 saturated carbocycles. The van der Waals surface area contributed by atoms with Crippen LogP contribution < -0.4 is 20.3 Å². The Morgan fingerprint density at radius 3 is 2.79 bits per heavy atom. The van der Waals surface area contributed by atoms with Gasteiger partial charge in [0.25, 0.3) is 5.91 Å². The Morgan fingerprint density at radius 1 is 1.24 bits per heavy atom. The largest absolute Gasteiger partial charge is 0.496 e. The van der Waals surface area contributed by atoms with Gasteiger partial charge in [-0.15, -0.1) is 0 Å². The molecule has 5 rings (SSSR count). The first-order valence-electron chi connectivity index (χ1n) is 10.8. The molecule has 9 heteroatoms. The van der Waals surface area contributed by atoms with Crippen molar-refractivity contribution in [1.29, 1.82) is 0 Å². The van der Waals surface area contributed by atoms with Crippen molar-refractivity contribution in [3.8, 4) is 17.0 Å². The molecule has 3 aromatic rings. The quantitative estimate of drug-likeness (QED) is 0.655. The summed E-state index contributed by atoms with van der Waals surface area (Å²) in [6.07, 6.45) is 2.36. The first-order valence-corrected chi connectivity index (χ1v) is 10.8. The second-order valence-electron chi connectivity index (χ2n) is 8.89. The van der Waals surface area contributed by atoms with E-state index in [0.717, 1.165) is 18.7 Å². The van der Waals surface area contributed by atoms with Crippen molar-refractivity contribution in [2.24, 2.45) is 5.73 Å². The van der Waals surface area contributed by atoms with Crippen LogP contribution in [0, 0.1) is 12.7 Å². The van der Waals surface area contributed by atoms with Gasteiger partial charge in [0, 0.05) is 47.7 Å². The fraction of sp³-hybridized carbons (Fsp3) is 0.333. The fourth-order valence-electron chi connectivity index (χ4n) is 4.50. The Balaban J connectivity index is 1.54. The smallest absolute Gasteiger partial charge is 0.260 e. The number of nitrogens with zero attached hydrogens (tertiary/aromatic N) is 5. The fourth-order valence-corrected chi connectivity index (χ4v) is 4.50. The zero-order chi connectivity index (χ0) is 23.3. The second-order valence-corrected chi connectivity index (χ2v) is 8.89. The lowest BCUT2D eigenvalue weighted by Crippen LogP contribution is -2.39. The van der Waals surface area contributed by atoms with Gasteiger partial charge < -0.3 is 15.4 Å². The van der Waals surface area contributed by atoms with Crippen molar-refractivity contribution < 1.29 is 13.9 Å². The number of rotatable bonds is 4. The molecule has 1 saturated heterocycles. The monoisotopic (exact) mass is 448 g/mol. The van der Waals surface area contributed by atoms with Gasteiger partial charge in [-0.3, -0.25) is 14.7 Å². The lowest BCUT2D eigenvalue weighted by atomic mass is 10.0. The van der Waals surface area contributed by atoms with Crippen LogP contribution in [0.25, 0.3) is 11.3 Å². The zero-order valence-corrected chi connectivity index (χ0v) is 18.8. The molecule has 0 aliphatic carbocycles. The standard InChI is InChI=1S/C24H25FN6O2/c1-14-11-19(29-23(28-14)30-10-8-24(2,26)13-30)31-12-16-15(22(31)32)7-9-27-21(16)20-17(25)5-4-6-18(20)33-3/h4-7,9,11H,8,10,12-13,26H2,1-3H3. The molecule has 0 spiro atoms. The van der Waals surface area contributed by atoms with E-state index < -0.39 is 5.82 Å². The molecule has 2 N–H and O–H groups in total. The minimum Gasteiger partial charge on any atom is -0.496 e. The number of hydrogen-bond donors (Lipinski definition) is 1. The van der Waals surface area contributed by atoms with E-state index >= 15 is 0 Å². The highest BCUT2D eigenvalue weighted by atomic mass is 19.1. The molecule has 1 atom stereocenters. The topological polar surface area (TPSA) is 97.5 Å². The average Bonchev–Trinajstić information content (AvgIpc) is 3.32. The lowest BCUT2D eigenvalue weighted by molar-refractivity contribution is 0.0996. The predicted molar refractivity (Wildman–Crippen MR) is 123 cm³/mol. The van der Waals surface area contributed by atoms with Crippen LogP contribution in [0.2, 0.25) is 0 Å². The second kappa shape index (κ2) is 7.77. The molecule has 2 aliphatic heterocycles. The van der Waals surface area contributed by atoms with Crippen molar-refractivity contribution in [3.63, 3.8) is 0 Å². The summed E-state index contributed by atoms with van der Waals surface area (Å²) in [6.45, 7) is 5.50. The number of halogens is 1. The minimum absolute atomic E-state index is 0.210. The summed E-state index contributed by atoms with van der Waals surface area (Å²) < 4.78 is 20.2. The van der Waals surface area contributed by atoms with E-state index in [0.29, 0.717) is 40.9 Å². The third-order valence-corrected chi connectivity index (χ3v) is 6.17. The Labute approximate surface area is 191 Å². The summed E-state index contributed by atoms with van der Waals surface area (Å²) in [6, 6.07) is 8.05. The molecule has 8 nitrogen and oxygen atoms in total. The Hall–Kier alpha value is -3.59. The van der Waals surface area contributed by atoms with E-state index in [2.05, 4.69) is 9.97 Å². The maximum atomic E-state index is 14.8. The number of hydrogen-bond acceptors (Lipinski definition) is 7. The molecule has 170 valence electrons. The summed E-state index contributed by atoms with van der Waals surface area (Å²) >= 11 is 0. The third-order valence-electron chi connectivity index (χ3n) is 6.17. The maximum absolute atomic E-state index is 14.8. The van der Waals surface area contributed by atoms with Gasteiger partial charge in [0.15, 0.2) is 0 Å². The summed E-state index contributed by atoms with van der Waals surface area (Å²) in [7, 11) is 1.48. The maximum Gasteiger partial charge on any atom is 0.260 e. The molecular weight excluding hydrogens is 423 g/mol. The molecular formula is C24H25FN6O2. The first-order chi connectivity index (χ1) is 15.8. The van der Waals surface area contributed by atoms with Crippen molar-refractivity contribution in [1.82, 2.24) is 15.0 Å². The molecule has 1 amide bonds. The van der Waals surface area contributed by atoms with Crippen LogP contribution in [0.4, 0.5) is 16.2 Å². The van der Waals surface area contributed by atoms with Crippen LogP contribution in [0.5, 0.6) is 5.75 Å². The molecule has 1 fully saturated rings. The number of aryl methyl sites for hydroxylation is 1. The highest BCUT2D eigenvalue weighted by Crippen LogP contribution is 2.38. The number of nitrogens with two attached hydrogens (primary N) is 1. The number of fused-ring (bicyclic) bond motifs is 1. The number of amides is 1. The predicted octanol–water partition coefficient (Wildman–Crippen LogP) is 3.08. The molecule has 2 aromatic heterocycles. The molecule has 2 aliphatic rings. The van der Waals surface area contributed by atoms with Crippen molar-refractivity contribution >= 4 is 17.7 Å². The minimum atomic E-state index is -0.458. The van der Waals surface area contributed by atoms with Crippen LogP contribution in [-0.2, 0) is 6.54 Å². The number of anilines is 2. The van der Waals surface area contributed by atoms with E-state index in [1.54, 1.807) is 29.2 Å². The number of pyridine rings is 1. The van der Waals surface area contributed by atoms with E-state index in [9.17, 15) is 9.18 Å². The van der Waals surface area contributed by atoms with Crippen LogP contribution >= 0.6 is 0 Å². The van der Waals surface area contributed by atoms with Gasteiger partial charge in [-0.2, -0.15) is 4.98 Å². The van der Waals surface area contributed by atoms with Gasteiger partial charge in [-0.25, -0.2) is 9.37 Å². The van der Waals surface area contributed by atoms with E-state index in [-0.39, 0.29) is 23.6 Å².